The number of amides is 1. The molecule has 0 bridgehead atoms. The molecule has 1 N–H and O–H groups in total. The van der Waals surface area contributed by atoms with Crippen LogP contribution in [0.1, 0.15) is 53.6 Å². The van der Waals surface area contributed by atoms with E-state index in [4.69, 9.17) is 5.11 Å². The maximum atomic E-state index is 12.7. The van der Waals surface area contributed by atoms with Crippen LogP contribution in [0.25, 0.3) is 0 Å². The number of aromatic nitrogens is 1. The third-order valence-corrected chi connectivity index (χ3v) is 6.49. The second kappa shape index (κ2) is 6.59. The molecule has 2 fully saturated rings. The number of thiazole rings is 1. The average molecular weight is 336 g/mol. The molecule has 1 aliphatic carbocycles. The fourth-order valence-electron chi connectivity index (χ4n) is 3.74. The number of piperidine rings is 1. The van der Waals surface area contributed by atoms with Crippen LogP contribution >= 0.6 is 11.3 Å². The van der Waals surface area contributed by atoms with Crippen molar-refractivity contribution in [2.45, 2.75) is 51.9 Å². The molecule has 3 rings (SSSR count). The molecule has 1 saturated carbocycles. The van der Waals surface area contributed by atoms with E-state index in [1.54, 1.807) is 11.3 Å². The van der Waals surface area contributed by atoms with Gasteiger partial charge in [0.15, 0.2) is 0 Å². The minimum absolute atomic E-state index is 0.102. The van der Waals surface area contributed by atoms with Crippen molar-refractivity contribution in [2.75, 3.05) is 13.1 Å². The van der Waals surface area contributed by atoms with E-state index in [0.29, 0.717) is 25.2 Å². The Morgan fingerprint density at radius 3 is 2.57 bits per heavy atom. The van der Waals surface area contributed by atoms with Crippen LogP contribution in [0.4, 0.5) is 0 Å². The molecule has 23 heavy (non-hydrogen) atoms. The van der Waals surface area contributed by atoms with Gasteiger partial charge in [0, 0.05) is 29.8 Å². The Morgan fingerprint density at radius 1 is 1.22 bits per heavy atom. The number of likely N-dealkylation sites (tertiary alicyclic amines) is 1. The van der Waals surface area contributed by atoms with E-state index in [1.165, 1.54) is 4.88 Å². The Hall–Kier alpha value is -1.43. The van der Waals surface area contributed by atoms with Crippen molar-refractivity contribution >= 4 is 23.2 Å². The number of carbonyl (C=O) groups excluding carboxylic acids is 1. The van der Waals surface area contributed by atoms with Crippen molar-refractivity contribution in [2.24, 2.45) is 11.8 Å². The maximum Gasteiger partial charge on any atom is 0.306 e. The van der Waals surface area contributed by atoms with Crippen LogP contribution in [0.5, 0.6) is 0 Å². The molecule has 1 aromatic rings. The van der Waals surface area contributed by atoms with Crippen molar-refractivity contribution in [1.82, 2.24) is 9.88 Å². The van der Waals surface area contributed by atoms with Crippen LogP contribution in [-0.4, -0.2) is 40.0 Å². The Bertz CT molecular complexity index is 593. The SMILES string of the molecule is Cc1nc(C2CCCN(C(=O)[C@@H]3CC[C@H](C(=O)O)C3)C2)sc1C. The van der Waals surface area contributed by atoms with Crippen molar-refractivity contribution in [3.05, 3.63) is 15.6 Å². The third-order valence-electron chi connectivity index (χ3n) is 5.26. The summed E-state index contributed by atoms with van der Waals surface area (Å²) in [6.45, 7) is 5.66. The van der Waals surface area contributed by atoms with Gasteiger partial charge in [0.2, 0.25) is 5.91 Å². The van der Waals surface area contributed by atoms with Crippen molar-refractivity contribution in [3.8, 4) is 0 Å². The lowest BCUT2D eigenvalue weighted by atomic mass is 9.96. The van der Waals surface area contributed by atoms with Crippen LogP contribution < -0.4 is 0 Å². The van der Waals surface area contributed by atoms with Crippen molar-refractivity contribution < 1.29 is 14.7 Å². The zero-order valence-electron chi connectivity index (χ0n) is 13.7. The number of carbonyl (C=O) groups is 2. The van der Waals surface area contributed by atoms with E-state index in [-0.39, 0.29) is 17.7 Å². The molecule has 1 saturated heterocycles. The molecule has 1 aliphatic heterocycles. The summed E-state index contributed by atoms with van der Waals surface area (Å²) in [5.41, 5.74) is 1.09. The van der Waals surface area contributed by atoms with Gasteiger partial charge in [-0.15, -0.1) is 11.3 Å². The predicted octanol–water partition coefficient (Wildman–Crippen LogP) is 2.97. The Labute approximate surface area is 140 Å². The minimum Gasteiger partial charge on any atom is -0.481 e. The molecule has 0 spiro atoms. The van der Waals surface area contributed by atoms with Crippen molar-refractivity contribution in [3.63, 3.8) is 0 Å². The fraction of sp³-hybridized carbons (Fsp3) is 0.706. The first-order valence-electron chi connectivity index (χ1n) is 8.41. The molecule has 2 heterocycles. The summed E-state index contributed by atoms with van der Waals surface area (Å²) in [4.78, 5) is 31.7. The second-order valence-electron chi connectivity index (χ2n) is 6.86. The van der Waals surface area contributed by atoms with Gasteiger partial charge >= 0.3 is 5.97 Å². The standard InChI is InChI=1S/C17H24N2O3S/c1-10-11(2)23-15(18-10)14-4-3-7-19(9-14)16(20)12-5-6-13(8-12)17(21)22/h12-14H,3-9H2,1-2H3,(H,21,22)/t12-,13+,14?/m1/s1. The summed E-state index contributed by atoms with van der Waals surface area (Å²) in [5, 5.41) is 10.3. The van der Waals surface area contributed by atoms with Crippen LogP contribution in [0, 0.1) is 25.7 Å². The van der Waals surface area contributed by atoms with Gasteiger partial charge in [-0.25, -0.2) is 4.98 Å². The molecule has 0 aromatic carbocycles. The number of hydrogen-bond donors (Lipinski definition) is 1. The number of aliphatic carboxylic acids is 1. The smallest absolute Gasteiger partial charge is 0.306 e. The molecule has 1 unspecified atom stereocenters. The number of carboxylic acid groups (broad SMARTS) is 1. The molecule has 0 radical (unpaired) electrons. The number of rotatable bonds is 3. The lowest BCUT2D eigenvalue weighted by molar-refractivity contribution is -0.141. The van der Waals surface area contributed by atoms with Gasteiger partial charge in [0.05, 0.1) is 16.6 Å². The average Bonchev–Trinajstić information content (AvgIpc) is 3.15. The lowest BCUT2D eigenvalue weighted by Gasteiger charge is -2.33. The highest BCUT2D eigenvalue weighted by atomic mass is 32.1. The first-order chi connectivity index (χ1) is 11.0. The Morgan fingerprint density at radius 2 is 1.96 bits per heavy atom. The molecule has 3 atom stereocenters. The van der Waals surface area contributed by atoms with Crippen LogP contribution in [0.15, 0.2) is 0 Å². The molecule has 2 aliphatic rings. The minimum atomic E-state index is -0.759. The Balaban J connectivity index is 1.64. The Kier molecular flexibility index (Phi) is 4.71. The summed E-state index contributed by atoms with van der Waals surface area (Å²) in [6.07, 6.45) is 3.94. The normalized spacial score (nSPS) is 28.1. The van der Waals surface area contributed by atoms with Gasteiger partial charge in [-0.1, -0.05) is 0 Å². The highest BCUT2D eigenvalue weighted by molar-refractivity contribution is 7.11. The van der Waals surface area contributed by atoms with Gasteiger partial charge < -0.3 is 10.0 Å². The summed E-state index contributed by atoms with van der Waals surface area (Å²) >= 11 is 1.74. The molecule has 6 heteroatoms. The monoisotopic (exact) mass is 336 g/mol. The number of carboxylic acids is 1. The fourth-order valence-corrected chi connectivity index (χ4v) is 4.79. The molecular formula is C17H24N2O3S. The van der Waals surface area contributed by atoms with E-state index in [9.17, 15) is 9.59 Å². The van der Waals surface area contributed by atoms with Gasteiger partial charge in [-0.2, -0.15) is 0 Å². The van der Waals surface area contributed by atoms with Crippen LogP contribution in [-0.2, 0) is 9.59 Å². The first kappa shape index (κ1) is 16.4. The van der Waals surface area contributed by atoms with E-state index >= 15 is 0 Å². The number of nitrogens with zero attached hydrogens (tertiary/aromatic N) is 2. The second-order valence-corrected chi connectivity index (χ2v) is 8.10. The summed E-state index contributed by atoms with van der Waals surface area (Å²) in [6, 6.07) is 0. The highest BCUT2D eigenvalue weighted by Crippen LogP contribution is 2.35. The number of hydrogen-bond acceptors (Lipinski definition) is 4. The predicted molar refractivity (Wildman–Crippen MR) is 88.6 cm³/mol. The summed E-state index contributed by atoms with van der Waals surface area (Å²) in [7, 11) is 0. The highest BCUT2D eigenvalue weighted by Gasteiger charge is 2.37. The van der Waals surface area contributed by atoms with Crippen LogP contribution in [0.3, 0.4) is 0 Å². The van der Waals surface area contributed by atoms with Gasteiger partial charge in [-0.3, -0.25) is 9.59 Å². The maximum absolute atomic E-state index is 12.7. The molecular weight excluding hydrogens is 312 g/mol. The third kappa shape index (κ3) is 3.42. The lowest BCUT2D eigenvalue weighted by Crippen LogP contribution is -2.42. The van der Waals surface area contributed by atoms with E-state index in [2.05, 4.69) is 11.9 Å². The summed E-state index contributed by atoms with van der Waals surface area (Å²) < 4.78 is 0. The zero-order valence-corrected chi connectivity index (χ0v) is 14.6. The van der Waals surface area contributed by atoms with Crippen molar-refractivity contribution in [1.29, 1.82) is 0 Å². The first-order valence-corrected chi connectivity index (χ1v) is 9.23. The van der Waals surface area contributed by atoms with E-state index in [0.717, 1.165) is 36.6 Å². The molecule has 126 valence electrons. The molecule has 1 aromatic heterocycles. The van der Waals surface area contributed by atoms with E-state index < -0.39 is 5.97 Å². The quantitative estimate of drug-likeness (QED) is 0.921. The molecule has 1 amide bonds. The van der Waals surface area contributed by atoms with Gasteiger partial charge in [-0.05, 0) is 46.0 Å². The summed E-state index contributed by atoms with van der Waals surface area (Å²) in [5.74, 6) is -0.709. The van der Waals surface area contributed by atoms with Crippen LogP contribution in [0.2, 0.25) is 0 Å². The largest absolute Gasteiger partial charge is 0.481 e. The van der Waals surface area contributed by atoms with E-state index in [1.807, 2.05) is 11.8 Å². The topological polar surface area (TPSA) is 70.5 Å². The number of aryl methyl sites for hydroxylation is 2. The van der Waals surface area contributed by atoms with Gasteiger partial charge in [0.25, 0.3) is 0 Å². The van der Waals surface area contributed by atoms with Gasteiger partial charge in [0.1, 0.15) is 0 Å². The zero-order chi connectivity index (χ0) is 16.6. The molecule has 5 nitrogen and oxygen atoms in total.